The van der Waals surface area contributed by atoms with Gasteiger partial charge in [-0.2, -0.15) is 0 Å². The topological polar surface area (TPSA) is 84.2 Å². The van der Waals surface area contributed by atoms with Gasteiger partial charge in [-0.25, -0.2) is 0 Å². The first kappa shape index (κ1) is 12.4. The second-order valence-electron chi connectivity index (χ2n) is 5.31. The zero-order valence-corrected chi connectivity index (χ0v) is 10.1. The zero-order valence-electron chi connectivity index (χ0n) is 10.1. The molecular weight excluding hydrogens is 218 g/mol. The molecule has 0 aromatic carbocycles. The van der Waals surface area contributed by atoms with Gasteiger partial charge in [0, 0.05) is 31.0 Å². The summed E-state index contributed by atoms with van der Waals surface area (Å²) in [6.07, 6.45) is 5.43. The Hall–Kier alpha value is -1.10. The van der Waals surface area contributed by atoms with Crippen LogP contribution in [0, 0.1) is 5.92 Å². The second kappa shape index (κ2) is 5.04. The van der Waals surface area contributed by atoms with Crippen LogP contribution in [0.15, 0.2) is 0 Å². The highest BCUT2D eigenvalue weighted by molar-refractivity contribution is 5.81. The lowest BCUT2D eigenvalue weighted by Crippen LogP contribution is -2.50. The summed E-state index contributed by atoms with van der Waals surface area (Å²) >= 11 is 0. The Morgan fingerprint density at radius 1 is 1.18 bits per heavy atom. The van der Waals surface area contributed by atoms with E-state index in [1.807, 2.05) is 0 Å². The van der Waals surface area contributed by atoms with Crippen LogP contribution in [0.3, 0.4) is 0 Å². The Kier molecular flexibility index (Phi) is 3.66. The van der Waals surface area contributed by atoms with Crippen molar-refractivity contribution in [2.24, 2.45) is 11.7 Å². The molecule has 0 bridgehead atoms. The number of carbonyl (C=O) groups is 2. The molecule has 0 aromatic rings. The normalized spacial score (nSPS) is 21.5. The van der Waals surface area contributed by atoms with Gasteiger partial charge in [-0.1, -0.05) is 0 Å². The molecule has 2 rings (SSSR count). The Labute approximate surface area is 102 Å². The first-order valence-corrected chi connectivity index (χ1v) is 6.42. The van der Waals surface area contributed by atoms with Crippen molar-refractivity contribution < 1.29 is 9.59 Å². The average molecular weight is 239 g/mol. The minimum absolute atomic E-state index is 0.00660. The molecule has 2 aliphatic carbocycles. The van der Waals surface area contributed by atoms with Crippen molar-refractivity contribution in [3.8, 4) is 0 Å². The van der Waals surface area contributed by atoms with Crippen molar-refractivity contribution >= 4 is 11.8 Å². The van der Waals surface area contributed by atoms with E-state index < -0.39 is 0 Å². The molecule has 2 aliphatic rings. The van der Waals surface area contributed by atoms with Gasteiger partial charge in [0.25, 0.3) is 0 Å². The van der Waals surface area contributed by atoms with Crippen LogP contribution in [-0.4, -0.2) is 30.4 Å². The van der Waals surface area contributed by atoms with Crippen LogP contribution in [0.1, 0.15) is 38.5 Å². The summed E-state index contributed by atoms with van der Waals surface area (Å²) in [6, 6.07) is 0. The highest BCUT2D eigenvalue weighted by Gasteiger charge is 2.34. The molecule has 96 valence electrons. The molecule has 17 heavy (non-hydrogen) atoms. The van der Waals surface area contributed by atoms with Crippen LogP contribution in [0.5, 0.6) is 0 Å². The van der Waals surface area contributed by atoms with Gasteiger partial charge in [0.2, 0.25) is 11.8 Å². The van der Waals surface area contributed by atoms with Crippen LogP contribution in [-0.2, 0) is 9.59 Å². The molecule has 2 saturated carbocycles. The first-order chi connectivity index (χ1) is 8.09. The van der Waals surface area contributed by atoms with E-state index in [9.17, 15) is 9.59 Å². The van der Waals surface area contributed by atoms with E-state index in [-0.39, 0.29) is 23.3 Å². The van der Waals surface area contributed by atoms with Gasteiger partial charge in [-0.3, -0.25) is 9.59 Å². The number of nitrogens with two attached hydrogens (primary N) is 1. The quantitative estimate of drug-likeness (QED) is 0.566. The van der Waals surface area contributed by atoms with E-state index >= 15 is 0 Å². The van der Waals surface area contributed by atoms with E-state index in [4.69, 9.17) is 5.73 Å². The molecule has 0 heterocycles. The number of carbonyl (C=O) groups excluding carboxylic acids is 2. The van der Waals surface area contributed by atoms with Crippen molar-refractivity contribution in [3.63, 3.8) is 0 Å². The molecule has 5 heteroatoms. The monoisotopic (exact) mass is 239 g/mol. The molecule has 4 N–H and O–H groups in total. The summed E-state index contributed by atoms with van der Waals surface area (Å²) in [5.74, 6) is 0.342. The summed E-state index contributed by atoms with van der Waals surface area (Å²) in [7, 11) is 0. The van der Waals surface area contributed by atoms with Crippen molar-refractivity contribution in [1.82, 2.24) is 10.6 Å². The van der Waals surface area contributed by atoms with Gasteiger partial charge in [-0.15, -0.1) is 0 Å². The Morgan fingerprint density at radius 2 is 1.82 bits per heavy atom. The van der Waals surface area contributed by atoms with E-state index in [0.717, 1.165) is 32.1 Å². The van der Waals surface area contributed by atoms with E-state index in [1.165, 1.54) is 0 Å². The van der Waals surface area contributed by atoms with Crippen molar-refractivity contribution in [3.05, 3.63) is 0 Å². The minimum atomic E-state index is -0.263. The number of rotatable bonds is 6. The van der Waals surface area contributed by atoms with E-state index in [0.29, 0.717) is 19.5 Å². The molecule has 2 fully saturated rings. The van der Waals surface area contributed by atoms with Gasteiger partial charge < -0.3 is 16.4 Å². The fourth-order valence-electron chi connectivity index (χ4n) is 2.07. The molecular formula is C12H21N3O2. The molecule has 5 nitrogen and oxygen atoms in total. The third kappa shape index (κ3) is 3.70. The number of hydrogen-bond acceptors (Lipinski definition) is 3. The molecule has 0 saturated heterocycles. The maximum Gasteiger partial charge on any atom is 0.223 e. The number of hydrogen-bond donors (Lipinski definition) is 3. The van der Waals surface area contributed by atoms with Gasteiger partial charge in [-0.05, 0) is 32.1 Å². The zero-order chi connectivity index (χ0) is 12.3. The summed E-state index contributed by atoms with van der Waals surface area (Å²) in [6.45, 7) is 1.01. The number of amides is 2. The molecule has 0 spiro atoms. The lowest BCUT2D eigenvalue weighted by atomic mass is 9.75. The fourth-order valence-corrected chi connectivity index (χ4v) is 2.07. The Balaban J connectivity index is 1.52. The van der Waals surface area contributed by atoms with Crippen molar-refractivity contribution in [1.29, 1.82) is 0 Å². The van der Waals surface area contributed by atoms with Gasteiger partial charge in [0.05, 0.1) is 0 Å². The van der Waals surface area contributed by atoms with Gasteiger partial charge in [0.15, 0.2) is 0 Å². The molecule has 0 aliphatic heterocycles. The third-order valence-electron chi connectivity index (χ3n) is 3.56. The van der Waals surface area contributed by atoms with E-state index in [2.05, 4.69) is 10.6 Å². The SMILES string of the molecule is NC1(CC(=O)NCCNC(=O)C2CC2)CCC1. The lowest BCUT2D eigenvalue weighted by molar-refractivity contribution is -0.124. The largest absolute Gasteiger partial charge is 0.354 e. The summed E-state index contributed by atoms with van der Waals surface area (Å²) < 4.78 is 0. The van der Waals surface area contributed by atoms with Crippen LogP contribution in [0.4, 0.5) is 0 Å². The van der Waals surface area contributed by atoms with Gasteiger partial charge in [0.1, 0.15) is 0 Å². The van der Waals surface area contributed by atoms with Crippen LogP contribution in [0.25, 0.3) is 0 Å². The minimum Gasteiger partial charge on any atom is -0.354 e. The summed E-state index contributed by atoms with van der Waals surface area (Å²) in [4.78, 5) is 22.8. The molecule has 0 aromatic heterocycles. The highest BCUT2D eigenvalue weighted by atomic mass is 16.2. The molecule has 0 radical (unpaired) electrons. The molecule has 2 amide bonds. The summed E-state index contributed by atoms with van der Waals surface area (Å²) in [5.41, 5.74) is 5.71. The smallest absolute Gasteiger partial charge is 0.223 e. The predicted molar refractivity (Wildman–Crippen MR) is 64.1 cm³/mol. The predicted octanol–water partition coefficient (Wildman–Crippen LogP) is -0.0997. The standard InChI is InChI=1S/C12H21N3O2/c13-12(4-1-5-12)8-10(16)14-6-7-15-11(17)9-2-3-9/h9H,1-8,13H2,(H,14,16)(H,15,17). The van der Waals surface area contributed by atoms with E-state index in [1.54, 1.807) is 0 Å². The van der Waals surface area contributed by atoms with Gasteiger partial charge >= 0.3 is 0 Å². The van der Waals surface area contributed by atoms with Crippen LogP contribution < -0.4 is 16.4 Å². The summed E-state index contributed by atoms with van der Waals surface area (Å²) in [5, 5.41) is 5.59. The van der Waals surface area contributed by atoms with Crippen molar-refractivity contribution in [2.75, 3.05) is 13.1 Å². The molecule has 0 atom stereocenters. The Morgan fingerprint density at radius 3 is 2.35 bits per heavy atom. The Bertz CT molecular complexity index is 309. The maximum atomic E-state index is 11.5. The first-order valence-electron chi connectivity index (χ1n) is 6.42. The maximum absolute atomic E-state index is 11.5. The van der Waals surface area contributed by atoms with Crippen LogP contribution in [0.2, 0.25) is 0 Å². The number of nitrogens with one attached hydrogen (secondary N) is 2. The highest BCUT2D eigenvalue weighted by Crippen LogP contribution is 2.31. The lowest BCUT2D eigenvalue weighted by Gasteiger charge is -2.37. The second-order valence-corrected chi connectivity index (χ2v) is 5.31. The van der Waals surface area contributed by atoms with Crippen molar-refractivity contribution in [2.45, 2.75) is 44.1 Å². The molecule has 0 unspecified atom stereocenters. The van der Waals surface area contributed by atoms with Crippen LogP contribution >= 0.6 is 0 Å². The third-order valence-corrected chi connectivity index (χ3v) is 3.56. The average Bonchev–Trinajstić information content (AvgIpc) is 3.05. The fraction of sp³-hybridized carbons (Fsp3) is 0.833.